The molecule has 1 unspecified atom stereocenters. The lowest BCUT2D eigenvalue weighted by atomic mass is 10.1. The molecule has 0 aliphatic carbocycles. The van der Waals surface area contributed by atoms with Crippen LogP contribution in [0.5, 0.6) is 0 Å². The van der Waals surface area contributed by atoms with E-state index in [2.05, 4.69) is 16.2 Å². The smallest absolute Gasteiger partial charge is 0.156 e. The van der Waals surface area contributed by atoms with Crippen LogP contribution < -0.4 is 0 Å². The lowest BCUT2D eigenvalue weighted by Gasteiger charge is -2.01. The van der Waals surface area contributed by atoms with Crippen LogP contribution in [0.3, 0.4) is 0 Å². The fraction of sp³-hybridized carbons (Fsp3) is 0.417. The number of rotatable bonds is 2. The van der Waals surface area contributed by atoms with Crippen LogP contribution in [-0.2, 0) is 16.3 Å². The zero-order chi connectivity index (χ0) is 13.5. The third-order valence-electron chi connectivity index (χ3n) is 3.31. The number of hydrogen-bond acceptors (Lipinski definition) is 5. The minimum absolute atomic E-state index is 0.109. The molecule has 7 heteroatoms. The maximum Gasteiger partial charge on any atom is 0.156 e. The molecule has 1 atom stereocenters. The monoisotopic (exact) mass is 276 g/mol. The highest BCUT2D eigenvalue weighted by atomic mass is 32.2. The number of aromatic nitrogens is 3. The summed E-state index contributed by atoms with van der Waals surface area (Å²) in [7, 11) is -2.86. The topological polar surface area (TPSA) is 88.1 Å². The van der Waals surface area contributed by atoms with E-state index < -0.39 is 9.84 Å². The van der Waals surface area contributed by atoms with Crippen molar-refractivity contribution in [3.05, 3.63) is 29.7 Å². The van der Waals surface area contributed by atoms with Crippen LogP contribution >= 0.6 is 0 Å². The zero-order valence-electron chi connectivity index (χ0n) is 10.2. The van der Waals surface area contributed by atoms with E-state index in [1.807, 2.05) is 0 Å². The first kappa shape index (κ1) is 12.1. The first-order valence-electron chi connectivity index (χ1n) is 6.01. The van der Waals surface area contributed by atoms with Crippen LogP contribution in [0.2, 0.25) is 0 Å². The predicted octanol–water partition coefficient (Wildman–Crippen LogP) is 0.578. The fourth-order valence-electron chi connectivity index (χ4n) is 2.37. The van der Waals surface area contributed by atoms with Gasteiger partial charge in [-0.1, -0.05) is 0 Å². The van der Waals surface area contributed by atoms with Gasteiger partial charge in [0.1, 0.15) is 0 Å². The number of hydrogen-bond donors (Lipinski definition) is 0. The van der Waals surface area contributed by atoms with Crippen LogP contribution in [0.25, 0.3) is 5.65 Å². The van der Waals surface area contributed by atoms with Crippen LogP contribution in [-0.4, -0.2) is 34.5 Å². The maximum atomic E-state index is 11.4. The van der Waals surface area contributed by atoms with E-state index in [4.69, 9.17) is 5.26 Å². The number of sulfone groups is 1. The Hall–Kier alpha value is -1.94. The maximum absolute atomic E-state index is 11.4. The van der Waals surface area contributed by atoms with Crippen molar-refractivity contribution in [1.29, 1.82) is 5.26 Å². The second-order valence-electron chi connectivity index (χ2n) is 4.83. The van der Waals surface area contributed by atoms with E-state index in [1.165, 1.54) is 0 Å². The summed E-state index contributed by atoms with van der Waals surface area (Å²) in [4.78, 5) is 4.34. The Morgan fingerprint density at radius 3 is 3.05 bits per heavy atom. The molecule has 0 amide bonds. The molecule has 0 saturated carbocycles. The summed E-state index contributed by atoms with van der Waals surface area (Å²) in [6.45, 7) is 0. The second kappa shape index (κ2) is 4.31. The minimum atomic E-state index is -2.86. The summed E-state index contributed by atoms with van der Waals surface area (Å²) >= 11 is 0. The van der Waals surface area contributed by atoms with E-state index >= 15 is 0 Å². The van der Waals surface area contributed by atoms with Crippen molar-refractivity contribution in [3.63, 3.8) is 0 Å². The molecule has 2 aromatic rings. The van der Waals surface area contributed by atoms with Gasteiger partial charge in [0.2, 0.25) is 0 Å². The van der Waals surface area contributed by atoms with E-state index in [-0.39, 0.29) is 17.4 Å². The highest BCUT2D eigenvalue weighted by molar-refractivity contribution is 7.91. The average Bonchev–Trinajstić information content (AvgIpc) is 2.91. The molecule has 0 spiro atoms. The number of pyridine rings is 1. The lowest BCUT2D eigenvalue weighted by molar-refractivity contribution is 0.569. The highest BCUT2D eigenvalue weighted by Crippen LogP contribution is 2.21. The highest BCUT2D eigenvalue weighted by Gasteiger charge is 2.28. The van der Waals surface area contributed by atoms with Crippen molar-refractivity contribution >= 4 is 15.5 Å². The van der Waals surface area contributed by atoms with E-state index in [0.29, 0.717) is 29.9 Å². The Bertz CT molecular complexity index is 773. The lowest BCUT2D eigenvalue weighted by Crippen LogP contribution is -2.08. The van der Waals surface area contributed by atoms with E-state index in [0.717, 1.165) is 0 Å². The van der Waals surface area contributed by atoms with Gasteiger partial charge in [-0.2, -0.15) is 10.4 Å². The summed E-state index contributed by atoms with van der Waals surface area (Å²) in [5, 5.41) is 13.1. The molecule has 3 heterocycles. The standard InChI is InChI=1S/C12H12N4O2S/c13-7-9-1-3-16-12(6-9)14-11(15-16)5-10-2-4-19(17,18)8-10/h1,3,6,10H,2,4-5,8H2. The van der Waals surface area contributed by atoms with Crippen molar-refractivity contribution in [2.75, 3.05) is 11.5 Å². The van der Waals surface area contributed by atoms with Gasteiger partial charge in [0, 0.05) is 18.7 Å². The molecule has 1 saturated heterocycles. The van der Waals surface area contributed by atoms with Crippen LogP contribution in [0.15, 0.2) is 18.3 Å². The normalized spacial score (nSPS) is 21.5. The molecule has 0 radical (unpaired) electrons. The third kappa shape index (κ3) is 2.44. The van der Waals surface area contributed by atoms with Gasteiger partial charge in [-0.15, -0.1) is 0 Å². The average molecular weight is 276 g/mol. The van der Waals surface area contributed by atoms with Crippen LogP contribution in [0.4, 0.5) is 0 Å². The van der Waals surface area contributed by atoms with Gasteiger partial charge in [0.25, 0.3) is 0 Å². The predicted molar refractivity (Wildman–Crippen MR) is 68.2 cm³/mol. The van der Waals surface area contributed by atoms with Gasteiger partial charge in [-0.3, -0.25) is 0 Å². The molecule has 19 heavy (non-hydrogen) atoms. The number of nitriles is 1. The van der Waals surface area contributed by atoms with Gasteiger partial charge in [0.15, 0.2) is 21.3 Å². The van der Waals surface area contributed by atoms with Crippen molar-refractivity contribution in [2.45, 2.75) is 12.8 Å². The summed E-state index contributed by atoms with van der Waals surface area (Å²) in [6, 6.07) is 5.39. The number of nitrogens with zero attached hydrogens (tertiary/aromatic N) is 4. The Balaban J connectivity index is 1.84. The van der Waals surface area contributed by atoms with Crippen molar-refractivity contribution in [3.8, 4) is 6.07 Å². The second-order valence-corrected chi connectivity index (χ2v) is 7.06. The first-order valence-corrected chi connectivity index (χ1v) is 7.84. The molecule has 1 fully saturated rings. The molecule has 0 N–H and O–H groups in total. The van der Waals surface area contributed by atoms with E-state index in [9.17, 15) is 8.42 Å². The fourth-order valence-corrected chi connectivity index (χ4v) is 4.24. The molecule has 1 aliphatic rings. The Kier molecular flexibility index (Phi) is 2.75. The van der Waals surface area contributed by atoms with Gasteiger partial charge in [-0.25, -0.2) is 17.9 Å². The van der Waals surface area contributed by atoms with Gasteiger partial charge >= 0.3 is 0 Å². The molecule has 3 rings (SSSR count). The summed E-state index contributed by atoms with van der Waals surface area (Å²) in [5.41, 5.74) is 1.16. The van der Waals surface area contributed by atoms with Gasteiger partial charge < -0.3 is 0 Å². The molecule has 0 aromatic carbocycles. The van der Waals surface area contributed by atoms with Gasteiger partial charge in [0.05, 0.1) is 23.1 Å². The quantitative estimate of drug-likeness (QED) is 0.800. The molecule has 1 aliphatic heterocycles. The van der Waals surface area contributed by atoms with E-state index in [1.54, 1.807) is 22.8 Å². The Morgan fingerprint density at radius 1 is 1.53 bits per heavy atom. The third-order valence-corrected chi connectivity index (χ3v) is 5.15. The number of fused-ring (bicyclic) bond motifs is 1. The van der Waals surface area contributed by atoms with Crippen molar-refractivity contribution < 1.29 is 8.42 Å². The van der Waals surface area contributed by atoms with Crippen molar-refractivity contribution in [1.82, 2.24) is 14.6 Å². The van der Waals surface area contributed by atoms with Crippen LogP contribution in [0, 0.1) is 17.2 Å². The summed E-state index contributed by atoms with van der Waals surface area (Å²) in [5.74, 6) is 1.24. The molecular formula is C12H12N4O2S. The van der Waals surface area contributed by atoms with Gasteiger partial charge in [-0.05, 0) is 18.4 Å². The summed E-state index contributed by atoms with van der Waals surface area (Å²) < 4.78 is 24.4. The Morgan fingerprint density at radius 2 is 2.37 bits per heavy atom. The first-order chi connectivity index (χ1) is 9.05. The molecule has 6 nitrogen and oxygen atoms in total. The molecule has 0 bridgehead atoms. The molecule has 98 valence electrons. The minimum Gasteiger partial charge on any atom is -0.229 e. The zero-order valence-corrected chi connectivity index (χ0v) is 11.0. The molecular weight excluding hydrogens is 264 g/mol. The van der Waals surface area contributed by atoms with Crippen LogP contribution in [0.1, 0.15) is 17.8 Å². The largest absolute Gasteiger partial charge is 0.229 e. The Labute approximate surface area is 110 Å². The SMILES string of the molecule is N#Cc1ccn2nc(CC3CCS(=O)(=O)C3)nc2c1. The summed E-state index contributed by atoms with van der Waals surface area (Å²) in [6.07, 6.45) is 2.94. The van der Waals surface area contributed by atoms with Crippen molar-refractivity contribution in [2.24, 2.45) is 5.92 Å². The molecule has 2 aromatic heterocycles.